The molecule has 0 radical (unpaired) electrons. The predicted molar refractivity (Wildman–Crippen MR) is 105 cm³/mol. The summed E-state index contributed by atoms with van der Waals surface area (Å²) in [7, 11) is 0. The highest BCUT2D eigenvalue weighted by Gasteiger charge is 2.11. The lowest BCUT2D eigenvalue weighted by Crippen LogP contribution is -2.35. The highest BCUT2D eigenvalue weighted by atomic mass is 16.5. The molecule has 1 N–H and O–H groups in total. The van der Waals surface area contributed by atoms with Gasteiger partial charge in [0.25, 0.3) is 5.91 Å². The van der Waals surface area contributed by atoms with E-state index in [4.69, 9.17) is 9.47 Å². The van der Waals surface area contributed by atoms with Crippen molar-refractivity contribution in [3.05, 3.63) is 65.2 Å². The zero-order valence-electron chi connectivity index (χ0n) is 15.6. The van der Waals surface area contributed by atoms with Crippen LogP contribution in [0.4, 0.5) is 0 Å². The van der Waals surface area contributed by atoms with Gasteiger partial charge in [-0.2, -0.15) is 5.10 Å². The number of hydrogen-bond donors (Lipinski definition) is 1. The SMILES string of the molecule is CCOc1ccc(C=NNC(=O)c2ccc(CN3CCOCC3)cc2)cc1. The molecule has 0 bridgehead atoms. The van der Waals surface area contributed by atoms with Crippen LogP contribution in [0.1, 0.15) is 28.4 Å². The summed E-state index contributed by atoms with van der Waals surface area (Å²) >= 11 is 0. The van der Waals surface area contributed by atoms with Gasteiger partial charge in [-0.25, -0.2) is 5.43 Å². The topological polar surface area (TPSA) is 63.2 Å². The van der Waals surface area contributed by atoms with E-state index in [0.717, 1.165) is 44.2 Å². The molecule has 0 spiro atoms. The normalized spacial score (nSPS) is 15.0. The van der Waals surface area contributed by atoms with Crippen LogP contribution in [-0.2, 0) is 11.3 Å². The van der Waals surface area contributed by atoms with Gasteiger partial charge in [-0.1, -0.05) is 12.1 Å². The second-order valence-corrected chi connectivity index (χ2v) is 6.29. The Kier molecular flexibility index (Phi) is 6.96. The van der Waals surface area contributed by atoms with E-state index in [2.05, 4.69) is 15.4 Å². The first-order chi connectivity index (χ1) is 13.2. The molecule has 1 amide bonds. The van der Waals surface area contributed by atoms with Crippen molar-refractivity contribution in [1.82, 2.24) is 10.3 Å². The van der Waals surface area contributed by atoms with Crippen molar-refractivity contribution < 1.29 is 14.3 Å². The van der Waals surface area contributed by atoms with Crippen molar-refractivity contribution in [2.45, 2.75) is 13.5 Å². The van der Waals surface area contributed by atoms with Gasteiger partial charge in [-0.3, -0.25) is 9.69 Å². The van der Waals surface area contributed by atoms with Crippen LogP contribution in [0.3, 0.4) is 0 Å². The number of carbonyl (C=O) groups is 1. The molecule has 2 aromatic carbocycles. The van der Waals surface area contributed by atoms with Gasteiger partial charge in [0.1, 0.15) is 5.75 Å². The second kappa shape index (κ2) is 9.85. The Morgan fingerprint density at radius 1 is 1.15 bits per heavy atom. The maximum absolute atomic E-state index is 12.2. The van der Waals surface area contributed by atoms with Gasteiger partial charge < -0.3 is 9.47 Å². The molecule has 1 heterocycles. The molecule has 1 saturated heterocycles. The molecule has 0 unspecified atom stereocenters. The smallest absolute Gasteiger partial charge is 0.271 e. The first-order valence-corrected chi connectivity index (χ1v) is 9.20. The fraction of sp³-hybridized carbons (Fsp3) is 0.333. The molecule has 0 aliphatic carbocycles. The summed E-state index contributed by atoms with van der Waals surface area (Å²) in [5.74, 6) is 0.589. The van der Waals surface area contributed by atoms with Crippen LogP contribution in [0, 0.1) is 0 Å². The average molecular weight is 367 g/mol. The number of nitrogens with zero attached hydrogens (tertiary/aromatic N) is 2. The number of amides is 1. The third-order valence-electron chi connectivity index (χ3n) is 4.30. The Labute approximate surface area is 159 Å². The molecule has 2 aromatic rings. The van der Waals surface area contributed by atoms with E-state index >= 15 is 0 Å². The van der Waals surface area contributed by atoms with Crippen LogP contribution < -0.4 is 10.2 Å². The number of hydrazone groups is 1. The van der Waals surface area contributed by atoms with Crippen LogP contribution >= 0.6 is 0 Å². The van der Waals surface area contributed by atoms with Crippen LogP contribution in [0.5, 0.6) is 5.75 Å². The second-order valence-electron chi connectivity index (χ2n) is 6.29. The van der Waals surface area contributed by atoms with Crippen molar-refractivity contribution in [1.29, 1.82) is 0 Å². The van der Waals surface area contributed by atoms with Crippen molar-refractivity contribution >= 4 is 12.1 Å². The lowest BCUT2D eigenvalue weighted by Gasteiger charge is -2.26. The third kappa shape index (κ3) is 5.91. The minimum Gasteiger partial charge on any atom is -0.494 e. The van der Waals surface area contributed by atoms with Crippen LogP contribution in [0.2, 0.25) is 0 Å². The van der Waals surface area contributed by atoms with Gasteiger partial charge in [-0.05, 0) is 54.4 Å². The number of nitrogens with one attached hydrogen (secondary N) is 1. The zero-order chi connectivity index (χ0) is 18.9. The minimum atomic E-state index is -0.227. The Morgan fingerprint density at radius 3 is 2.52 bits per heavy atom. The standard InChI is InChI=1S/C21H25N3O3/c1-2-27-20-9-5-17(6-10-20)15-22-23-21(25)19-7-3-18(4-8-19)16-24-11-13-26-14-12-24/h3-10,15H,2,11-14,16H2,1H3,(H,23,25). The fourth-order valence-electron chi connectivity index (χ4n) is 2.83. The molecule has 142 valence electrons. The predicted octanol–water partition coefficient (Wildman–Crippen LogP) is 2.68. The fourth-order valence-corrected chi connectivity index (χ4v) is 2.83. The number of benzene rings is 2. The summed E-state index contributed by atoms with van der Waals surface area (Å²) in [6.45, 7) is 6.92. The maximum atomic E-state index is 12.2. The largest absolute Gasteiger partial charge is 0.494 e. The van der Waals surface area contributed by atoms with Gasteiger partial charge in [0, 0.05) is 25.2 Å². The van der Waals surface area contributed by atoms with E-state index in [1.165, 1.54) is 5.56 Å². The van der Waals surface area contributed by atoms with Crippen molar-refractivity contribution in [3.8, 4) is 5.75 Å². The van der Waals surface area contributed by atoms with Gasteiger partial charge in [0.15, 0.2) is 0 Å². The van der Waals surface area contributed by atoms with E-state index in [1.54, 1.807) is 6.21 Å². The number of ether oxygens (including phenoxy) is 2. The molecule has 6 heteroatoms. The molecule has 0 aromatic heterocycles. The molecule has 0 atom stereocenters. The number of carbonyl (C=O) groups excluding carboxylic acids is 1. The van der Waals surface area contributed by atoms with Gasteiger partial charge in [-0.15, -0.1) is 0 Å². The van der Waals surface area contributed by atoms with E-state index < -0.39 is 0 Å². The molecule has 27 heavy (non-hydrogen) atoms. The monoisotopic (exact) mass is 367 g/mol. The van der Waals surface area contributed by atoms with Crippen molar-refractivity contribution in [2.24, 2.45) is 5.10 Å². The molecule has 6 nitrogen and oxygen atoms in total. The number of morpholine rings is 1. The third-order valence-corrected chi connectivity index (χ3v) is 4.30. The highest BCUT2D eigenvalue weighted by Crippen LogP contribution is 2.11. The van der Waals surface area contributed by atoms with Crippen LogP contribution in [-0.4, -0.2) is 49.9 Å². The van der Waals surface area contributed by atoms with Crippen molar-refractivity contribution in [2.75, 3.05) is 32.9 Å². The Morgan fingerprint density at radius 2 is 1.85 bits per heavy atom. The Bertz CT molecular complexity index is 751. The van der Waals surface area contributed by atoms with Crippen LogP contribution in [0.25, 0.3) is 0 Å². The maximum Gasteiger partial charge on any atom is 0.271 e. The Balaban J connectivity index is 1.49. The van der Waals surface area contributed by atoms with Crippen LogP contribution in [0.15, 0.2) is 53.6 Å². The minimum absolute atomic E-state index is 0.227. The highest BCUT2D eigenvalue weighted by molar-refractivity contribution is 5.94. The Hall–Kier alpha value is -2.70. The van der Waals surface area contributed by atoms with Gasteiger partial charge in [0.2, 0.25) is 0 Å². The van der Waals surface area contributed by atoms with Gasteiger partial charge in [0.05, 0.1) is 26.0 Å². The molecule has 1 aliphatic heterocycles. The van der Waals surface area contributed by atoms with E-state index in [0.29, 0.717) is 12.2 Å². The number of hydrogen-bond acceptors (Lipinski definition) is 5. The summed E-state index contributed by atoms with van der Waals surface area (Å²) in [6.07, 6.45) is 1.61. The lowest BCUT2D eigenvalue weighted by atomic mass is 10.1. The zero-order valence-corrected chi connectivity index (χ0v) is 15.6. The average Bonchev–Trinajstić information content (AvgIpc) is 2.71. The molecule has 1 aliphatic rings. The van der Waals surface area contributed by atoms with E-state index in [1.807, 2.05) is 55.5 Å². The lowest BCUT2D eigenvalue weighted by molar-refractivity contribution is 0.0342. The molecular weight excluding hydrogens is 342 g/mol. The summed E-state index contributed by atoms with van der Waals surface area (Å²) in [6, 6.07) is 15.2. The molecular formula is C21H25N3O3. The molecule has 0 saturated carbocycles. The number of rotatable bonds is 7. The summed E-state index contributed by atoms with van der Waals surface area (Å²) in [5, 5.41) is 4.02. The van der Waals surface area contributed by atoms with E-state index in [9.17, 15) is 4.79 Å². The summed E-state index contributed by atoms with van der Waals surface area (Å²) < 4.78 is 10.8. The summed E-state index contributed by atoms with van der Waals surface area (Å²) in [4.78, 5) is 14.6. The first-order valence-electron chi connectivity index (χ1n) is 9.20. The van der Waals surface area contributed by atoms with Crippen molar-refractivity contribution in [3.63, 3.8) is 0 Å². The van der Waals surface area contributed by atoms with E-state index in [-0.39, 0.29) is 5.91 Å². The molecule has 3 rings (SSSR count). The first kappa shape index (κ1) is 19.1. The van der Waals surface area contributed by atoms with Gasteiger partial charge >= 0.3 is 0 Å². The summed E-state index contributed by atoms with van der Waals surface area (Å²) in [5.41, 5.74) is 5.22. The quantitative estimate of drug-likeness (QED) is 0.604. The molecule has 1 fully saturated rings.